The van der Waals surface area contributed by atoms with Gasteiger partial charge in [-0.15, -0.1) is 0 Å². The van der Waals surface area contributed by atoms with Crippen molar-refractivity contribution in [2.45, 2.75) is 13.0 Å². The summed E-state index contributed by atoms with van der Waals surface area (Å²) in [4.78, 5) is 3.92. The molecule has 14 heavy (non-hydrogen) atoms. The highest BCUT2D eigenvalue weighted by Gasteiger charge is 2.15. The maximum atomic E-state index is 9.91. The van der Waals surface area contributed by atoms with Gasteiger partial charge in [-0.1, -0.05) is 24.3 Å². The number of rotatable bonds is 2. The van der Waals surface area contributed by atoms with E-state index in [4.69, 9.17) is 4.42 Å². The third-order valence-corrected chi connectivity index (χ3v) is 2.17. The Bertz CT molecular complexity index is 409. The monoisotopic (exact) mass is 189 g/mol. The van der Waals surface area contributed by atoms with Gasteiger partial charge in [0.15, 0.2) is 6.10 Å². The van der Waals surface area contributed by atoms with Crippen LogP contribution in [0.15, 0.2) is 41.1 Å². The van der Waals surface area contributed by atoms with Crippen molar-refractivity contribution in [1.82, 2.24) is 4.98 Å². The van der Waals surface area contributed by atoms with E-state index in [0.717, 1.165) is 11.1 Å². The Kier molecular flexibility index (Phi) is 2.33. The second-order valence-electron chi connectivity index (χ2n) is 3.13. The zero-order valence-electron chi connectivity index (χ0n) is 7.84. The first-order chi connectivity index (χ1) is 6.79. The summed E-state index contributed by atoms with van der Waals surface area (Å²) in [7, 11) is 0. The van der Waals surface area contributed by atoms with Crippen LogP contribution in [0.2, 0.25) is 0 Å². The van der Waals surface area contributed by atoms with Gasteiger partial charge in [-0.3, -0.25) is 0 Å². The van der Waals surface area contributed by atoms with Gasteiger partial charge < -0.3 is 9.52 Å². The van der Waals surface area contributed by atoms with Crippen LogP contribution in [0.4, 0.5) is 0 Å². The molecule has 0 radical (unpaired) electrons. The molecule has 0 spiro atoms. The summed E-state index contributed by atoms with van der Waals surface area (Å²) >= 11 is 0. The Labute approximate surface area is 82.0 Å². The Balaban J connectivity index is 2.37. The van der Waals surface area contributed by atoms with Crippen LogP contribution in [0.1, 0.15) is 23.1 Å². The number of aromatic nitrogens is 1. The zero-order valence-corrected chi connectivity index (χ0v) is 7.84. The molecule has 1 aromatic carbocycles. The predicted octanol–water partition coefficient (Wildman–Crippen LogP) is 2.06. The smallest absolute Gasteiger partial charge is 0.227 e. The molecule has 1 unspecified atom stereocenters. The van der Waals surface area contributed by atoms with Crippen LogP contribution < -0.4 is 0 Å². The van der Waals surface area contributed by atoms with Gasteiger partial charge in [0.1, 0.15) is 6.26 Å². The molecular weight excluding hydrogens is 178 g/mol. The fraction of sp³-hybridized carbons (Fsp3) is 0.182. The van der Waals surface area contributed by atoms with Gasteiger partial charge in [-0.25, -0.2) is 4.98 Å². The molecule has 0 aliphatic carbocycles. The Morgan fingerprint density at radius 3 is 2.79 bits per heavy atom. The first-order valence-electron chi connectivity index (χ1n) is 4.42. The van der Waals surface area contributed by atoms with Crippen molar-refractivity contribution in [3.05, 3.63) is 53.7 Å². The molecule has 0 saturated carbocycles. The van der Waals surface area contributed by atoms with Gasteiger partial charge in [0.25, 0.3) is 0 Å². The molecule has 0 aliphatic rings. The highest BCUT2D eigenvalue weighted by molar-refractivity contribution is 5.30. The number of oxazole rings is 1. The maximum Gasteiger partial charge on any atom is 0.227 e. The number of benzene rings is 1. The third kappa shape index (κ3) is 1.54. The number of hydrogen-bond acceptors (Lipinski definition) is 3. The van der Waals surface area contributed by atoms with E-state index in [-0.39, 0.29) is 0 Å². The molecule has 0 saturated heterocycles. The number of aliphatic hydroxyl groups excluding tert-OH is 1. The normalized spacial score (nSPS) is 12.7. The summed E-state index contributed by atoms with van der Waals surface area (Å²) < 4.78 is 5.04. The Hall–Kier alpha value is -1.61. The fourth-order valence-corrected chi connectivity index (χ4v) is 1.40. The fourth-order valence-electron chi connectivity index (χ4n) is 1.40. The SMILES string of the molecule is Cc1ccccc1C(O)c1ncco1. The molecular formula is C11H11NO2. The lowest BCUT2D eigenvalue weighted by Crippen LogP contribution is -2.01. The molecule has 2 rings (SSSR count). The van der Waals surface area contributed by atoms with Crippen LogP contribution in [0.25, 0.3) is 0 Å². The first kappa shape index (κ1) is 8.97. The van der Waals surface area contributed by atoms with Gasteiger partial charge >= 0.3 is 0 Å². The van der Waals surface area contributed by atoms with Crippen molar-refractivity contribution in [3.8, 4) is 0 Å². The van der Waals surface area contributed by atoms with E-state index in [0.29, 0.717) is 5.89 Å². The topological polar surface area (TPSA) is 46.3 Å². The molecule has 0 amide bonds. The molecule has 3 heteroatoms. The Morgan fingerprint density at radius 1 is 1.36 bits per heavy atom. The van der Waals surface area contributed by atoms with Gasteiger partial charge in [0.05, 0.1) is 6.20 Å². The standard InChI is InChI=1S/C11H11NO2/c1-8-4-2-3-5-9(8)10(13)11-12-6-7-14-11/h2-7,10,13H,1H3. The molecule has 3 nitrogen and oxygen atoms in total. The van der Waals surface area contributed by atoms with Crippen LogP contribution in [0.5, 0.6) is 0 Å². The third-order valence-electron chi connectivity index (χ3n) is 2.17. The zero-order chi connectivity index (χ0) is 9.97. The summed E-state index contributed by atoms with van der Waals surface area (Å²) in [6.45, 7) is 1.95. The second kappa shape index (κ2) is 3.64. The van der Waals surface area contributed by atoms with Crippen LogP contribution in [0, 0.1) is 6.92 Å². The number of hydrogen-bond donors (Lipinski definition) is 1. The molecule has 72 valence electrons. The van der Waals surface area contributed by atoms with E-state index in [9.17, 15) is 5.11 Å². The predicted molar refractivity (Wildman–Crippen MR) is 51.7 cm³/mol. The quantitative estimate of drug-likeness (QED) is 0.786. The molecule has 1 aromatic heterocycles. The van der Waals surface area contributed by atoms with Crippen LogP contribution in [-0.2, 0) is 0 Å². The van der Waals surface area contributed by atoms with Crippen molar-refractivity contribution in [3.63, 3.8) is 0 Å². The lowest BCUT2D eigenvalue weighted by atomic mass is 10.0. The summed E-state index contributed by atoms with van der Waals surface area (Å²) in [5, 5.41) is 9.91. The van der Waals surface area contributed by atoms with Crippen molar-refractivity contribution in [2.24, 2.45) is 0 Å². The number of aliphatic hydroxyl groups is 1. The molecule has 1 N–H and O–H groups in total. The largest absolute Gasteiger partial charge is 0.446 e. The minimum absolute atomic E-state index is 0.333. The minimum Gasteiger partial charge on any atom is -0.446 e. The molecule has 1 atom stereocenters. The molecule has 1 heterocycles. The Morgan fingerprint density at radius 2 is 2.14 bits per heavy atom. The van der Waals surface area contributed by atoms with Crippen LogP contribution >= 0.6 is 0 Å². The van der Waals surface area contributed by atoms with Crippen molar-refractivity contribution < 1.29 is 9.52 Å². The molecule has 0 aliphatic heterocycles. The van der Waals surface area contributed by atoms with E-state index in [1.807, 2.05) is 31.2 Å². The summed E-state index contributed by atoms with van der Waals surface area (Å²) in [5.74, 6) is 0.333. The van der Waals surface area contributed by atoms with Crippen molar-refractivity contribution in [1.29, 1.82) is 0 Å². The van der Waals surface area contributed by atoms with E-state index in [1.54, 1.807) is 0 Å². The summed E-state index contributed by atoms with van der Waals surface area (Å²) in [6.07, 6.45) is 2.21. The van der Waals surface area contributed by atoms with Gasteiger partial charge in [0, 0.05) is 0 Å². The molecule has 2 aromatic rings. The lowest BCUT2D eigenvalue weighted by Gasteiger charge is -2.09. The van der Waals surface area contributed by atoms with Crippen LogP contribution in [-0.4, -0.2) is 10.1 Å². The minimum atomic E-state index is -0.772. The summed E-state index contributed by atoms with van der Waals surface area (Å²) in [5.41, 5.74) is 1.85. The lowest BCUT2D eigenvalue weighted by molar-refractivity contribution is 0.182. The van der Waals surface area contributed by atoms with Crippen molar-refractivity contribution in [2.75, 3.05) is 0 Å². The number of nitrogens with zero attached hydrogens (tertiary/aromatic N) is 1. The average molecular weight is 189 g/mol. The van der Waals surface area contributed by atoms with E-state index >= 15 is 0 Å². The maximum absolute atomic E-state index is 9.91. The highest BCUT2D eigenvalue weighted by atomic mass is 16.4. The second-order valence-corrected chi connectivity index (χ2v) is 3.13. The van der Waals surface area contributed by atoms with Gasteiger partial charge in [-0.2, -0.15) is 0 Å². The van der Waals surface area contributed by atoms with E-state index in [1.165, 1.54) is 12.5 Å². The first-order valence-corrected chi connectivity index (χ1v) is 4.42. The molecule has 0 fully saturated rings. The highest BCUT2D eigenvalue weighted by Crippen LogP contribution is 2.22. The molecule has 0 bridgehead atoms. The average Bonchev–Trinajstić information content (AvgIpc) is 2.70. The number of aryl methyl sites for hydroxylation is 1. The summed E-state index contributed by atoms with van der Waals surface area (Å²) in [6, 6.07) is 7.63. The van der Waals surface area contributed by atoms with Gasteiger partial charge in [-0.05, 0) is 18.1 Å². The van der Waals surface area contributed by atoms with Crippen molar-refractivity contribution >= 4 is 0 Å². The van der Waals surface area contributed by atoms with Gasteiger partial charge in [0.2, 0.25) is 5.89 Å². The van der Waals surface area contributed by atoms with E-state index in [2.05, 4.69) is 4.98 Å². The van der Waals surface area contributed by atoms with E-state index < -0.39 is 6.10 Å². The van der Waals surface area contributed by atoms with Crippen LogP contribution in [0.3, 0.4) is 0 Å².